The summed E-state index contributed by atoms with van der Waals surface area (Å²) in [5.74, 6) is -3.05. The first-order valence-corrected chi connectivity index (χ1v) is 5.50. The third-order valence-corrected chi connectivity index (χ3v) is 3.20. The number of aromatic nitrogens is 1. The molecule has 1 aliphatic rings. The number of hydrogen-bond acceptors (Lipinski definition) is 3. The van der Waals surface area contributed by atoms with Gasteiger partial charge in [0, 0.05) is 5.92 Å². The van der Waals surface area contributed by atoms with Crippen molar-refractivity contribution in [3.8, 4) is 0 Å². The average Bonchev–Trinajstić information content (AvgIpc) is 2.89. The Bertz CT molecular complexity index is 325. The van der Waals surface area contributed by atoms with Crippen LogP contribution in [-0.4, -0.2) is 17.5 Å². The van der Waals surface area contributed by atoms with Gasteiger partial charge in [-0.3, -0.25) is 0 Å². The lowest BCUT2D eigenvalue weighted by atomic mass is 10.2. The van der Waals surface area contributed by atoms with Crippen molar-refractivity contribution >= 4 is 28.1 Å². The maximum absolute atomic E-state index is 13.2. The summed E-state index contributed by atoms with van der Waals surface area (Å²) >= 11 is 6.78. The minimum Gasteiger partial charge on any atom is -0.355 e. The highest BCUT2D eigenvalue weighted by molar-refractivity contribution is 7.19. The Morgan fingerprint density at radius 3 is 2.86 bits per heavy atom. The minimum atomic E-state index is -2.61. The molecule has 0 bridgehead atoms. The van der Waals surface area contributed by atoms with E-state index in [2.05, 4.69) is 10.3 Å². The van der Waals surface area contributed by atoms with Crippen molar-refractivity contribution in [2.24, 2.45) is 5.92 Å². The standard InChI is InChI=1S/C8H9ClF2N2S/c9-6-3-12-7(14-6)13-4-8(10,11)5-1-2-5/h3,5H,1-2,4H2,(H,12,13). The van der Waals surface area contributed by atoms with Gasteiger partial charge in [0.25, 0.3) is 5.92 Å². The molecule has 0 amide bonds. The molecular formula is C8H9ClF2N2S. The van der Waals surface area contributed by atoms with Crippen molar-refractivity contribution in [3.63, 3.8) is 0 Å². The number of nitrogens with one attached hydrogen (secondary N) is 1. The molecule has 1 heterocycles. The van der Waals surface area contributed by atoms with Crippen LogP contribution in [0.5, 0.6) is 0 Å². The lowest BCUT2D eigenvalue weighted by Crippen LogP contribution is -2.29. The third-order valence-electron chi connectivity index (χ3n) is 2.13. The summed E-state index contributed by atoms with van der Waals surface area (Å²) in [5.41, 5.74) is 0. The van der Waals surface area contributed by atoms with Crippen LogP contribution in [0, 0.1) is 5.92 Å². The molecule has 2 nitrogen and oxygen atoms in total. The number of nitrogens with zero attached hydrogens (tertiary/aromatic N) is 1. The first-order valence-electron chi connectivity index (χ1n) is 4.31. The molecule has 78 valence electrons. The Kier molecular flexibility index (Phi) is 2.62. The predicted molar refractivity (Wildman–Crippen MR) is 53.3 cm³/mol. The highest BCUT2D eigenvalue weighted by Gasteiger charge is 2.46. The molecule has 1 aliphatic carbocycles. The zero-order valence-electron chi connectivity index (χ0n) is 7.27. The molecule has 2 rings (SSSR count). The van der Waals surface area contributed by atoms with Crippen molar-refractivity contribution in [1.29, 1.82) is 0 Å². The van der Waals surface area contributed by atoms with E-state index in [1.54, 1.807) is 0 Å². The zero-order valence-corrected chi connectivity index (χ0v) is 8.84. The molecule has 0 spiro atoms. The smallest absolute Gasteiger partial charge is 0.267 e. The Balaban J connectivity index is 1.87. The molecule has 0 unspecified atom stereocenters. The first-order chi connectivity index (χ1) is 6.58. The fraction of sp³-hybridized carbons (Fsp3) is 0.625. The Hall–Kier alpha value is -0.420. The lowest BCUT2D eigenvalue weighted by Gasteiger charge is -2.15. The lowest BCUT2D eigenvalue weighted by molar-refractivity contribution is -0.00816. The van der Waals surface area contributed by atoms with Crippen LogP contribution < -0.4 is 5.32 Å². The maximum Gasteiger partial charge on any atom is 0.267 e. The Labute approximate surface area is 89.3 Å². The summed E-state index contributed by atoms with van der Waals surface area (Å²) in [6.45, 7) is -0.346. The minimum absolute atomic E-state index is 0.346. The van der Waals surface area contributed by atoms with Crippen molar-refractivity contribution < 1.29 is 8.78 Å². The van der Waals surface area contributed by atoms with E-state index >= 15 is 0 Å². The van der Waals surface area contributed by atoms with Gasteiger partial charge in [-0.25, -0.2) is 13.8 Å². The molecule has 0 aromatic carbocycles. The summed E-state index contributed by atoms with van der Waals surface area (Å²) < 4.78 is 26.9. The highest BCUT2D eigenvalue weighted by atomic mass is 35.5. The number of halogens is 3. The van der Waals surface area contributed by atoms with E-state index in [1.165, 1.54) is 17.5 Å². The number of hydrogen-bond donors (Lipinski definition) is 1. The second-order valence-corrected chi connectivity index (χ2v) is 5.02. The summed E-state index contributed by atoms with van der Waals surface area (Å²) in [6, 6.07) is 0. The second-order valence-electron chi connectivity index (χ2n) is 3.36. The first kappa shape index (κ1) is 10.1. The van der Waals surface area contributed by atoms with Crippen LogP contribution in [0.25, 0.3) is 0 Å². The fourth-order valence-electron chi connectivity index (χ4n) is 1.18. The van der Waals surface area contributed by atoms with Crippen LogP contribution >= 0.6 is 22.9 Å². The normalized spacial score (nSPS) is 17.1. The van der Waals surface area contributed by atoms with Crippen LogP contribution in [0.3, 0.4) is 0 Å². The fourth-order valence-corrected chi connectivity index (χ4v) is 1.99. The van der Waals surface area contributed by atoms with Crippen molar-refractivity contribution in [2.75, 3.05) is 11.9 Å². The van der Waals surface area contributed by atoms with Gasteiger partial charge in [-0.2, -0.15) is 0 Å². The maximum atomic E-state index is 13.2. The second kappa shape index (κ2) is 3.62. The van der Waals surface area contributed by atoms with E-state index in [0.717, 1.165) is 0 Å². The molecular weight excluding hydrogens is 230 g/mol. The predicted octanol–water partition coefficient (Wildman–Crippen LogP) is 3.25. The van der Waals surface area contributed by atoms with E-state index in [-0.39, 0.29) is 6.54 Å². The molecule has 0 atom stereocenters. The summed E-state index contributed by atoms with van der Waals surface area (Å²) in [4.78, 5) is 3.84. The molecule has 1 N–H and O–H groups in total. The molecule has 0 radical (unpaired) electrons. The average molecular weight is 239 g/mol. The van der Waals surface area contributed by atoms with Gasteiger partial charge < -0.3 is 5.32 Å². The number of rotatable bonds is 4. The van der Waals surface area contributed by atoms with Crippen molar-refractivity contribution in [1.82, 2.24) is 4.98 Å². The van der Waals surface area contributed by atoms with E-state index in [4.69, 9.17) is 11.6 Å². The topological polar surface area (TPSA) is 24.9 Å². The van der Waals surface area contributed by atoms with Gasteiger partial charge in [0.15, 0.2) is 5.13 Å². The summed E-state index contributed by atoms with van der Waals surface area (Å²) in [6.07, 6.45) is 2.71. The molecule has 1 fully saturated rings. The van der Waals surface area contributed by atoms with Crippen LogP contribution in [0.1, 0.15) is 12.8 Å². The molecule has 0 saturated heterocycles. The van der Waals surface area contributed by atoms with E-state index in [9.17, 15) is 8.78 Å². The van der Waals surface area contributed by atoms with Crippen LogP contribution in [-0.2, 0) is 0 Å². The highest BCUT2D eigenvalue weighted by Crippen LogP contribution is 2.43. The van der Waals surface area contributed by atoms with Gasteiger partial charge in [-0.15, -0.1) is 0 Å². The largest absolute Gasteiger partial charge is 0.355 e. The Morgan fingerprint density at radius 1 is 1.64 bits per heavy atom. The van der Waals surface area contributed by atoms with Gasteiger partial charge >= 0.3 is 0 Å². The molecule has 0 aliphatic heterocycles. The van der Waals surface area contributed by atoms with E-state index < -0.39 is 11.8 Å². The van der Waals surface area contributed by atoms with E-state index in [0.29, 0.717) is 22.3 Å². The van der Waals surface area contributed by atoms with Gasteiger partial charge in [-0.05, 0) is 12.8 Å². The van der Waals surface area contributed by atoms with Gasteiger partial charge in [-0.1, -0.05) is 22.9 Å². The number of thiazole rings is 1. The van der Waals surface area contributed by atoms with Crippen LogP contribution in [0.4, 0.5) is 13.9 Å². The third kappa shape index (κ3) is 2.33. The van der Waals surface area contributed by atoms with E-state index in [1.807, 2.05) is 0 Å². The molecule has 14 heavy (non-hydrogen) atoms. The monoisotopic (exact) mass is 238 g/mol. The number of alkyl halides is 2. The molecule has 1 aromatic heterocycles. The molecule has 1 saturated carbocycles. The van der Waals surface area contributed by atoms with Crippen LogP contribution in [0.2, 0.25) is 4.34 Å². The van der Waals surface area contributed by atoms with Gasteiger partial charge in [0.05, 0.1) is 12.7 Å². The summed E-state index contributed by atoms with van der Waals surface area (Å²) in [5, 5.41) is 3.05. The Morgan fingerprint density at radius 2 is 2.36 bits per heavy atom. The number of anilines is 1. The van der Waals surface area contributed by atoms with Gasteiger partial charge in [0.1, 0.15) is 4.34 Å². The van der Waals surface area contributed by atoms with Crippen LogP contribution in [0.15, 0.2) is 6.20 Å². The molecule has 6 heteroatoms. The quantitative estimate of drug-likeness (QED) is 0.871. The van der Waals surface area contributed by atoms with Crippen molar-refractivity contribution in [2.45, 2.75) is 18.8 Å². The molecule has 1 aromatic rings. The summed E-state index contributed by atoms with van der Waals surface area (Å²) in [7, 11) is 0. The van der Waals surface area contributed by atoms with Crippen molar-refractivity contribution in [3.05, 3.63) is 10.5 Å². The SMILES string of the molecule is FC(F)(CNc1ncc(Cl)s1)C1CC1. The van der Waals surface area contributed by atoms with Gasteiger partial charge in [0.2, 0.25) is 0 Å². The zero-order chi connectivity index (χ0) is 10.2.